The van der Waals surface area contributed by atoms with Gasteiger partial charge in [-0.25, -0.2) is 0 Å². The van der Waals surface area contributed by atoms with E-state index in [2.05, 4.69) is 45.8 Å². The molecule has 0 aromatic rings. The second-order valence-corrected chi connectivity index (χ2v) is 25.4. The van der Waals surface area contributed by atoms with E-state index in [4.69, 9.17) is 41.4 Å². The minimum absolute atomic E-state index is 0.550. The molecule has 0 aliphatic carbocycles. The van der Waals surface area contributed by atoms with Crippen molar-refractivity contribution in [3.8, 4) is 0 Å². The third kappa shape index (κ3) is 31.4. The minimum Gasteiger partial charge on any atom is -0.437 e. The molecule has 0 aromatic heterocycles. The highest BCUT2D eigenvalue weighted by Gasteiger charge is 2.39. The van der Waals surface area contributed by atoms with Gasteiger partial charge in [-0.3, -0.25) is 0 Å². The summed E-state index contributed by atoms with van der Waals surface area (Å²) >= 11 is 2.00. The first-order valence-corrected chi connectivity index (χ1v) is 24.9. The molecule has 0 heterocycles. The van der Waals surface area contributed by atoms with Crippen LogP contribution in [0.15, 0.2) is 0 Å². The normalized spacial score (nSPS) is 12.9. The first-order valence-electron chi connectivity index (χ1n) is 14.4. The van der Waals surface area contributed by atoms with Gasteiger partial charge in [0.15, 0.2) is 16.6 Å². The fourth-order valence-electron chi connectivity index (χ4n) is 3.62. The van der Waals surface area contributed by atoms with Gasteiger partial charge in [0.2, 0.25) is 0 Å². The number of hydrogen-bond donors (Lipinski definition) is 0. The van der Waals surface area contributed by atoms with Gasteiger partial charge in [-0.2, -0.15) is 11.8 Å². The zero-order chi connectivity index (χ0) is 29.3. The van der Waals surface area contributed by atoms with E-state index in [1.54, 1.807) is 7.11 Å². The molecule has 0 bridgehead atoms. The van der Waals surface area contributed by atoms with Crippen LogP contribution >= 0.6 is 11.8 Å². The smallest absolute Gasteiger partial charge is 0.314 e. The summed E-state index contributed by atoms with van der Waals surface area (Å²) in [6.07, 6.45) is 2.22. The molecule has 0 rings (SSSR count). The van der Waals surface area contributed by atoms with E-state index < -0.39 is 25.2 Å². The Morgan fingerprint density at radius 1 is 0.436 bits per heavy atom. The zero-order valence-corrected chi connectivity index (χ0v) is 30.1. The summed E-state index contributed by atoms with van der Waals surface area (Å²) in [5, 5.41) is 0. The SMILES string of the molecule is COCCOCCOCCOCCOCCOCCOCCCSCCC[Si](C)(O[Si](C)(C)C)O[Si](C)(C)C. The van der Waals surface area contributed by atoms with Crippen LogP contribution in [0.3, 0.4) is 0 Å². The topological polar surface area (TPSA) is 83.1 Å². The summed E-state index contributed by atoms with van der Waals surface area (Å²) in [6, 6.07) is 1.08. The monoisotopic (exact) mass is 632 g/mol. The molecule has 236 valence electrons. The molecular formula is C26H60O9SSi3. The molecule has 0 aliphatic rings. The maximum Gasteiger partial charge on any atom is 0.314 e. The molecule has 0 unspecified atom stereocenters. The third-order valence-corrected chi connectivity index (χ3v) is 15.6. The summed E-state index contributed by atoms with van der Waals surface area (Å²) in [7, 11) is -3.66. The van der Waals surface area contributed by atoms with Gasteiger partial charge in [0.1, 0.15) is 0 Å². The van der Waals surface area contributed by atoms with Gasteiger partial charge >= 0.3 is 8.56 Å². The fraction of sp³-hybridized carbons (Fsp3) is 1.00. The van der Waals surface area contributed by atoms with Gasteiger partial charge in [-0.15, -0.1) is 0 Å². The number of thioether (sulfide) groups is 1. The Hall–Kier alpha value is 0.641. The molecule has 13 heteroatoms. The summed E-state index contributed by atoms with van der Waals surface area (Å²) < 4.78 is 51.0. The van der Waals surface area contributed by atoms with Crippen LogP contribution in [0.1, 0.15) is 12.8 Å². The van der Waals surface area contributed by atoms with Gasteiger partial charge in [0.25, 0.3) is 0 Å². The molecule has 0 atom stereocenters. The summed E-state index contributed by atoms with van der Waals surface area (Å²) in [5.74, 6) is 2.27. The summed E-state index contributed by atoms with van der Waals surface area (Å²) in [6.45, 7) is 23.5. The molecule has 0 amide bonds. The van der Waals surface area contributed by atoms with E-state index in [9.17, 15) is 0 Å². The average Bonchev–Trinajstić information content (AvgIpc) is 2.81. The number of rotatable bonds is 30. The van der Waals surface area contributed by atoms with Crippen LogP contribution < -0.4 is 0 Å². The van der Waals surface area contributed by atoms with Crippen LogP contribution in [-0.2, 0) is 41.4 Å². The second kappa shape index (κ2) is 25.2. The highest BCUT2D eigenvalue weighted by Crippen LogP contribution is 2.26. The van der Waals surface area contributed by atoms with Gasteiger partial charge < -0.3 is 41.4 Å². The summed E-state index contributed by atoms with van der Waals surface area (Å²) in [4.78, 5) is 0. The van der Waals surface area contributed by atoms with Crippen LogP contribution in [0, 0.1) is 0 Å². The number of ether oxygens (including phenoxy) is 7. The predicted molar refractivity (Wildman–Crippen MR) is 169 cm³/mol. The highest BCUT2D eigenvalue weighted by atomic mass is 32.2. The molecule has 0 N–H and O–H groups in total. The van der Waals surface area contributed by atoms with Gasteiger partial charge in [0.05, 0.1) is 79.3 Å². The third-order valence-electron chi connectivity index (χ3n) is 4.83. The van der Waals surface area contributed by atoms with Crippen molar-refractivity contribution < 1.29 is 41.4 Å². The lowest BCUT2D eigenvalue weighted by molar-refractivity contribution is -0.0190. The van der Waals surface area contributed by atoms with Crippen molar-refractivity contribution in [2.75, 3.05) is 105 Å². The molecule has 39 heavy (non-hydrogen) atoms. The first-order chi connectivity index (χ1) is 18.5. The Balaban J connectivity index is 3.41. The van der Waals surface area contributed by atoms with Crippen molar-refractivity contribution in [2.24, 2.45) is 0 Å². The second-order valence-electron chi connectivity index (χ2n) is 11.3. The van der Waals surface area contributed by atoms with Crippen LogP contribution in [0.4, 0.5) is 0 Å². The Labute approximate surface area is 247 Å². The van der Waals surface area contributed by atoms with Crippen molar-refractivity contribution in [3.63, 3.8) is 0 Å². The highest BCUT2D eigenvalue weighted by molar-refractivity contribution is 7.99. The molecule has 0 radical (unpaired) electrons. The molecule has 0 aliphatic heterocycles. The Bertz CT molecular complexity index is 522. The first kappa shape index (κ1) is 39.6. The molecule has 0 fully saturated rings. The van der Waals surface area contributed by atoms with E-state index in [0.29, 0.717) is 79.3 Å². The van der Waals surface area contributed by atoms with Gasteiger partial charge in [-0.1, -0.05) is 0 Å². The van der Waals surface area contributed by atoms with Crippen molar-refractivity contribution in [2.45, 2.75) is 64.7 Å². The van der Waals surface area contributed by atoms with E-state index in [1.165, 1.54) is 0 Å². The molecular weight excluding hydrogens is 573 g/mol. The predicted octanol–water partition coefficient (Wildman–Crippen LogP) is 5.02. The molecule has 0 saturated heterocycles. The molecule has 9 nitrogen and oxygen atoms in total. The van der Waals surface area contributed by atoms with E-state index >= 15 is 0 Å². The minimum atomic E-state index is -2.09. The average molecular weight is 633 g/mol. The van der Waals surface area contributed by atoms with Gasteiger partial charge in [0, 0.05) is 13.7 Å². The lowest BCUT2D eigenvalue weighted by atomic mass is 10.5. The van der Waals surface area contributed by atoms with Crippen molar-refractivity contribution >= 4 is 37.0 Å². The lowest BCUT2D eigenvalue weighted by Crippen LogP contribution is -2.52. The molecule has 0 aromatic carbocycles. The van der Waals surface area contributed by atoms with E-state index in [-0.39, 0.29) is 0 Å². The molecule has 0 spiro atoms. The quantitative estimate of drug-likeness (QED) is 0.0795. The van der Waals surface area contributed by atoms with Crippen molar-refractivity contribution in [1.82, 2.24) is 0 Å². The zero-order valence-electron chi connectivity index (χ0n) is 26.3. The van der Waals surface area contributed by atoms with E-state index in [0.717, 1.165) is 37.0 Å². The maximum atomic E-state index is 6.58. The van der Waals surface area contributed by atoms with Crippen molar-refractivity contribution in [3.05, 3.63) is 0 Å². The van der Waals surface area contributed by atoms with Crippen LogP contribution in [0.25, 0.3) is 0 Å². The lowest BCUT2D eigenvalue weighted by Gasteiger charge is -2.38. The standard InChI is InChI=1S/C26H60O9SSi3/c1-27-12-13-29-16-17-31-20-21-33-23-22-32-19-18-30-15-14-28-11-9-24-36-25-10-26-39(8,34-37(2,3)4)35-38(5,6)7/h9-26H2,1-8H3. The Morgan fingerprint density at radius 3 is 1.13 bits per heavy atom. The fourth-order valence-corrected chi connectivity index (χ4v) is 17.3. The summed E-state index contributed by atoms with van der Waals surface area (Å²) in [5.41, 5.74) is 0. The molecule has 0 saturated carbocycles. The van der Waals surface area contributed by atoms with E-state index in [1.807, 2.05) is 11.8 Å². The van der Waals surface area contributed by atoms with Crippen LogP contribution in [-0.4, -0.2) is 130 Å². The van der Waals surface area contributed by atoms with Crippen LogP contribution in [0.5, 0.6) is 0 Å². The largest absolute Gasteiger partial charge is 0.437 e. The number of hydrogen-bond acceptors (Lipinski definition) is 10. The Kier molecular flexibility index (Phi) is 25.6. The maximum absolute atomic E-state index is 6.58. The van der Waals surface area contributed by atoms with Crippen molar-refractivity contribution in [1.29, 1.82) is 0 Å². The van der Waals surface area contributed by atoms with Gasteiger partial charge in [-0.05, 0) is 76.2 Å². The van der Waals surface area contributed by atoms with Crippen LogP contribution in [0.2, 0.25) is 51.9 Å². The Morgan fingerprint density at radius 2 is 0.769 bits per heavy atom. The number of methoxy groups -OCH3 is 1.